The molecule has 1 fully saturated rings. The first-order valence-electron chi connectivity index (χ1n) is 8.23. The maximum atomic E-state index is 12.8. The molecule has 0 saturated carbocycles. The van der Waals surface area contributed by atoms with Gasteiger partial charge in [0.05, 0.1) is 4.91 Å². The number of nitrogens with zero attached hydrogens (tertiary/aromatic N) is 1. The van der Waals surface area contributed by atoms with Crippen LogP contribution in [0.15, 0.2) is 41.8 Å². The molecule has 1 aliphatic heterocycles. The van der Waals surface area contributed by atoms with Gasteiger partial charge in [0.15, 0.2) is 0 Å². The first-order valence-corrected chi connectivity index (χ1v) is 9.45. The van der Waals surface area contributed by atoms with Gasteiger partial charge >= 0.3 is 5.97 Å². The van der Waals surface area contributed by atoms with E-state index in [1.165, 1.54) is 4.90 Å². The second-order valence-corrected chi connectivity index (χ2v) is 7.53. The van der Waals surface area contributed by atoms with Gasteiger partial charge in [0, 0.05) is 5.56 Å². The van der Waals surface area contributed by atoms with Crippen molar-refractivity contribution in [1.29, 1.82) is 0 Å². The number of carbonyl (C=O) groups excluding carboxylic acids is 1. The molecule has 0 aromatic heterocycles. The lowest BCUT2D eigenvalue weighted by Crippen LogP contribution is -2.47. The molecule has 1 heterocycles. The number of thioether (sulfide) groups is 1. The lowest BCUT2D eigenvalue weighted by Gasteiger charge is -2.27. The first-order chi connectivity index (χ1) is 12.4. The van der Waals surface area contributed by atoms with Gasteiger partial charge in [-0.05, 0) is 18.1 Å². The topological polar surface area (TPSA) is 66.8 Å². The van der Waals surface area contributed by atoms with Crippen molar-refractivity contribution in [3.63, 3.8) is 0 Å². The number of carboxylic acid groups (broad SMARTS) is 1. The van der Waals surface area contributed by atoms with E-state index in [0.717, 1.165) is 17.3 Å². The van der Waals surface area contributed by atoms with Crippen LogP contribution in [0, 0.1) is 5.92 Å². The number of aliphatic carboxylic acids is 1. The molecule has 0 spiro atoms. The Hall–Kier alpha value is -2.12. The Bertz CT molecular complexity index is 760. The largest absolute Gasteiger partial charge is 0.489 e. The second kappa shape index (κ2) is 9.00. The zero-order valence-corrected chi connectivity index (χ0v) is 16.3. The molecule has 1 aromatic carbocycles. The molecule has 7 heteroatoms. The first kappa shape index (κ1) is 20.2. The van der Waals surface area contributed by atoms with Crippen molar-refractivity contribution < 1.29 is 19.4 Å². The number of hydrogen-bond acceptors (Lipinski definition) is 5. The van der Waals surface area contributed by atoms with Crippen LogP contribution in [-0.2, 0) is 9.59 Å². The molecule has 0 bridgehead atoms. The predicted molar refractivity (Wildman–Crippen MR) is 108 cm³/mol. The number of carbonyl (C=O) groups is 2. The van der Waals surface area contributed by atoms with Crippen LogP contribution >= 0.6 is 24.0 Å². The van der Waals surface area contributed by atoms with Crippen LogP contribution in [0.5, 0.6) is 5.75 Å². The summed E-state index contributed by atoms with van der Waals surface area (Å²) in [5.41, 5.74) is 0.727. The normalized spacial score (nSPS) is 18.1. The number of rotatable bonds is 8. The second-order valence-electron chi connectivity index (χ2n) is 5.86. The zero-order chi connectivity index (χ0) is 19.3. The summed E-state index contributed by atoms with van der Waals surface area (Å²) < 4.78 is 5.87. The van der Waals surface area contributed by atoms with Gasteiger partial charge in [-0.15, -0.1) is 0 Å². The monoisotopic (exact) mass is 391 g/mol. The number of ether oxygens (including phenoxy) is 1. The summed E-state index contributed by atoms with van der Waals surface area (Å²) in [6.45, 7) is 7.67. The molecule has 138 valence electrons. The molecule has 1 aliphatic rings. The predicted octanol–water partition coefficient (Wildman–Crippen LogP) is 3.95. The number of benzene rings is 1. The highest BCUT2D eigenvalue weighted by atomic mass is 32.2. The Morgan fingerprint density at radius 3 is 2.77 bits per heavy atom. The Morgan fingerprint density at radius 2 is 2.15 bits per heavy atom. The Balaban J connectivity index is 2.35. The number of para-hydroxylation sites is 1. The van der Waals surface area contributed by atoms with E-state index in [4.69, 9.17) is 17.0 Å². The molecule has 2 unspecified atom stereocenters. The van der Waals surface area contributed by atoms with Crippen molar-refractivity contribution in [2.45, 2.75) is 26.3 Å². The molecule has 0 radical (unpaired) electrons. The maximum Gasteiger partial charge on any atom is 0.327 e. The van der Waals surface area contributed by atoms with Gasteiger partial charge in [-0.2, -0.15) is 0 Å². The summed E-state index contributed by atoms with van der Waals surface area (Å²) >= 11 is 6.41. The van der Waals surface area contributed by atoms with Gasteiger partial charge in [-0.1, -0.05) is 75.1 Å². The lowest BCUT2D eigenvalue weighted by atomic mass is 9.98. The fourth-order valence-corrected chi connectivity index (χ4v) is 3.89. The summed E-state index contributed by atoms with van der Waals surface area (Å²) in [6.07, 6.45) is 3.96. The van der Waals surface area contributed by atoms with E-state index in [-0.39, 0.29) is 16.1 Å². The molecule has 1 amide bonds. The van der Waals surface area contributed by atoms with Crippen LogP contribution in [0.4, 0.5) is 0 Å². The Morgan fingerprint density at radius 1 is 1.46 bits per heavy atom. The van der Waals surface area contributed by atoms with E-state index in [1.54, 1.807) is 25.1 Å². The molecule has 2 atom stereocenters. The minimum Gasteiger partial charge on any atom is -0.489 e. The molecule has 5 nitrogen and oxygen atoms in total. The van der Waals surface area contributed by atoms with Gasteiger partial charge < -0.3 is 9.84 Å². The number of carboxylic acids is 1. The van der Waals surface area contributed by atoms with Crippen molar-refractivity contribution in [2.24, 2.45) is 5.92 Å². The molecule has 2 rings (SSSR count). The summed E-state index contributed by atoms with van der Waals surface area (Å²) in [6, 6.07) is 6.34. The molecule has 1 N–H and O–H groups in total. The lowest BCUT2D eigenvalue weighted by molar-refractivity contribution is -0.147. The van der Waals surface area contributed by atoms with Crippen LogP contribution < -0.4 is 4.74 Å². The number of hydrogen-bond donors (Lipinski definition) is 1. The van der Waals surface area contributed by atoms with E-state index >= 15 is 0 Å². The third kappa shape index (κ3) is 4.34. The van der Waals surface area contributed by atoms with Gasteiger partial charge in [-0.25, -0.2) is 4.79 Å². The third-order valence-electron chi connectivity index (χ3n) is 4.10. The van der Waals surface area contributed by atoms with Crippen LogP contribution in [0.1, 0.15) is 25.8 Å². The van der Waals surface area contributed by atoms with E-state index in [0.29, 0.717) is 23.7 Å². The smallest absolute Gasteiger partial charge is 0.327 e. The highest BCUT2D eigenvalue weighted by Gasteiger charge is 2.42. The molecule has 0 aliphatic carbocycles. The fraction of sp³-hybridized carbons (Fsp3) is 0.316. The number of thiocarbonyl (C=S) groups is 1. The van der Waals surface area contributed by atoms with Crippen LogP contribution in [0.25, 0.3) is 6.08 Å². The number of amides is 1. The van der Waals surface area contributed by atoms with Crippen molar-refractivity contribution in [3.8, 4) is 5.75 Å². The summed E-state index contributed by atoms with van der Waals surface area (Å²) in [5, 5.41) is 9.58. The van der Waals surface area contributed by atoms with Crippen LogP contribution in [0.3, 0.4) is 0 Å². The molecular weight excluding hydrogens is 370 g/mol. The quantitative estimate of drug-likeness (QED) is 0.411. The summed E-state index contributed by atoms with van der Waals surface area (Å²) in [4.78, 5) is 26.2. The molecule has 1 aromatic rings. The van der Waals surface area contributed by atoms with Crippen molar-refractivity contribution in [2.75, 3.05) is 6.61 Å². The SMILES string of the molecule is C=CCOc1ccccc1C=C1SC(=S)N(C(C(=O)O)C(C)CC)C1=O. The molecule has 1 saturated heterocycles. The van der Waals surface area contributed by atoms with E-state index < -0.39 is 12.0 Å². The van der Waals surface area contributed by atoms with Gasteiger partial charge in [0.25, 0.3) is 5.91 Å². The van der Waals surface area contributed by atoms with Gasteiger partial charge in [-0.3, -0.25) is 9.69 Å². The highest BCUT2D eigenvalue weighted by Crippen LogP contribution is 2.37. The van der Waals surface area contributed by atoms with Crippen molar-refractivity contribution >= 4 is 46.3 Å². The fourth-order valence-electron chi connectivity index (χ4n) is 2.57. The van der Waals surface area contributed by atoms with E-state index in [1.807, 2.05) is 25.1 Å². The van der Waals surface area contributed by atoms with E-state index in [9.17, 15) is 14.7 Å². The van der Waals surface area contributed by atoms with E-state index in [2.05, 4.69) is 6.58 Å². The summed E-state index contributed by atoms with van der Waals surface area (Å²) in [5.74, 6) is -1.02. The minimum absolute atomic E-state index is 0.211. The zero-order valence-electron chi connectivity index (χ0n) is 14.7. The molecule has 26 heavy (non-hydrogen) atoms. The average molecular weight is 392 g/mol. The standard InChI is InChI=1S/C19H21NO4S2/c1-4-10-24-14-9-7-6-8-13(14)11-15-17(21)20(19(25)26-15)16(18(22)23)12(3)5-2/h4,6-9,11-12,16H,1,5,10H2,2-3H3,(H,22,23). The highest BCUT2D eigenvalue weighted by molar-refractivity contribution is 8.26. The Kier molecular flexibility index (Phi) is 6.99. The summed E-state index contributed by atoms with van der Waals surface area (Å²) in [7, 11) is 0. The third-order valence-corrected chi connectivity index (χ3v) is 5.43. The molecular formula is C19H21NO4S2. The van der Waals surface area contributed by atoms with Crippen molar-refractivity contribution in [1.82, 2.24) is 4.90 Å². The van der Waals surface area contributed by atoms with Gasteiger partial charge in [0.2, 0.25) is 0 Å². The van der Waals surface area contributed by atoms with Crippen LogP contribution in [0.2, 0.25) is 0 Å². The van der Waals surface area contributed by atoms with Crippen molar-refractivity contribution in [3.05, 3.63) is 47.4 Å². The Labute approximate surface area is 162 Å². The average Bonchev–Trinajstić information content (AvgIpc) is 2.88. The maximum absolute atomic E-state index is 12.8. The van der Waals surface area contributed by atoms with Gasteiger partial charge in [0.1, 0.15) is 22.7 Å². The minimum atomic E-state index is -1.05. The van der Waals surface area contributed by atoms with Crippen LogP contribution in [-0.4, -0.2) is 38.9 Å².